The first-order chi connectivity index (χ1) is 15.0. The number of aliphatic hydroxyl groups is 1. The number of likely N-dealkylation sites (tertiary alicyclic amines) is 1. The molecule has 2 aromatic carbocycles. The molecule has 2 N–H and O–H groups in total. The summed E-state index contributed by atoms with van der Waals surface area (Å²) in [7, 11) is 1.97. The Kier molecular flexibility index (Phi) is 6.20. The molecule has 2 atom stereocenters. The Morgan fingerprint density at radius 2 is 2.03 bits per heavy atom. The Balaban J connectivity index is 1.53. The Bertz CT molecular complexity index is 1030. The van der Waals surface area contributed by atoms with E-state index in [2.05, 4.69) is 15.2 Å². The van der Waals surface area contributed by atoms with Crippen LogP contribution in [0.2, 0.25) is 0 Å². The summed E-state index contributed by atoms with van der Waals surface area (Å²) >= 11 is 0. The number of aliphatic hydroxyl groups excluding tert-OH is 1. The molecule has 1 aliphatic heterocycles. The summed E-state index contributed by atoms with van der Waals surface area (Å²) in [5, 5.41) is 14.5. The number of nitrogens with zero attached hydrogens (tertiary/aromatic N) is 3. The lowest BCUT2D eigenvalue weighted by Crippen LogP contribution is -2.62. The number of imidazole rings is 1. The van der Waals surface area contributed by atoms with Gasteiger partial charge in [0.25, 0.3) is 0 Å². The number of aryl methyl sites for hydroxylation is 2. The van der Waals surface area contributed by atoms with Crippen molar-refractivity contribution in [3.05, 3.63) is 89.5 Å². The van der Waals surface area contributed by atoms with E-state index in [0.29, 0.717) is 25.9 Å². The summed E-state index contributed by atoms with van der Waals surface area (Å²) in [5.41, 5.74) is 2.24. The first kappa shape index (κ1) is 21.3. The quantitative estimate of drug-likeness (QED) is 0.646. The maximum atomic E-state index is 13.0. The van der Waals surface area contributed by atoms with E-state index < -0.39 is 11.6 Å². The Morgan fingerprint density at radius 1 is 1.23 bits per heavy atom. The van der Waals surface area contributed by atoms with E-state index in [1.807, 2.05) is 79.3 Å². The fourth-order valence-corrected chi connectivity index (χ4v) is 4.48. The number of carbonyl (C=O) groups excluding carboxylic acids is 1. The van der Waals surface area contributed by atoms with Crippen molar-refractivity contribution in [3.63, 3.8) is 0 Å². The normalized spacial score (nSPS) is 21.7. The lowest BCUT2D eigenvalue weighted by molar-refractivity contribution is -0.126. The van der Waals surface area contributed by atoms with E-state index in [1.165, 1.54) is 0 Å². The molecule has 1 fully saturated rings. The number of hydrogen-bond acceptors (Lipinski definition) is 4. The second-order valence-corrected chi connectivity index (χ2v) is 8.51. The van der Waals surface area contributed by atoms with Crippen LogP contribution in [0.3, 0.4) is 0 Å². The van der Waals surface area contributed by atoms with Gasteiger partial charge in [-0.3, -0.25) is 9.69 Å². The van der Waals surface area contributed by atoms with Gasteiger partial charge in [-0.1, -0.05) is 60.2 Å². The zero-order chi connectivity index (χ0) is 21.8. The van der Waals surface area contributed by atoms with Gasteiger partial charge in [-0.25, -0.2) is 4.98 Å². The van der Waals surface area contributed by atoms with Crippen molar-refractivity contribution in [3.8, 4) is 0 Å². The second kappa shape index (κ2) is 9.04. The molecule has 1 aliphatic rings. The van der Waals surface area contributed by atoms with Crippen LogP contribution in [0.4, 0.5) is 0 Å². The van der Waals surface area contributed by atoms with Crippen molar-refractivity contribution in [1.82, 2.24) is 19.8 Å². The lowest BCUT2D eigenvalue weighted by Gasteiger charge is -2.46. The number of aromatic nitrogens is 2. The first-order valence-electron chi connectivity index (χ1n) is 10.7. The van der Waals surface area contributed by atoms with Crippen molar-refractivity contribution in [2.45, 2.75) is 38.0 Å². The number of rotatable bonds is 6. The van der Waals surface area contributed by atoms with Crippen LogP contribution in [0, 0.1) is 6.92 Å². The van der Waals surface area contributed by atoms with Crippen LogP contribution >= 0.6 is 0 Å². The zero-order valence-electron chi connectivity index (χ0n) is 18.2. The van der Waals surface area contributed by atoms with Crippen molar-refractivity contribution >= 4 is 5.91 Å². The molecule has 4 rings (SSSR count). The van der Waals surface area contributed by atoms with Gasteiger partial charge in [0.15, 0.2) is 0 Å². The molecule has 0 spiro atoms. The third-order valence-corrected chi connectivity index (χ3v) is 6.21. The van der Waals surface area contributed by atoms with Crippen LogP contribution in [-0.4, -0.2) is 44.7 Å². The molecule has 3 aromatic rings. The molecular weight excluding hydrogens is 388 g/mol. The number of carbonyl (C=O) groups is 1. The molecule has 2 heterocycles. The minimum absolute atomic E-state index is 0.0777. The molecule has 6 heteroatoms. The molecule has 0 bridgehead atoms. The fraction of sp³-hybridized carbons (Fsp3) is 0.360. The molecule has 0 unspecified atom stereocenters. The summed E-state index contributed by atoms with van der Waals surface area (Å²) in [6, 6.07) is 17.8. The molecule has 0 saturated carbocycles. The minimum atomic E-state index is -0.805. The van der Waals surface area contributed by atoms with Gasteiger partial charge in [0, 0.05) is 32.5 Å². The number of hydrogen-bond donors (Lipinski definition) is 2. The Labute approximate surface area is 183 Å². The number of benzene rings is 2. The number of amides is 1. The van der Waals surface area contributed by atoms with Gasteiger partial charge in [-0.05, 0) is 24.5 Å². The van der Waals surface area contributed by atoms with Gasteiger partial charge in [0.05, 0.1) is 24.6 Å². The highest BCUT2D eigenvalue weighted by Crippen LogP contribution is 2.34. The predicted octanol–water partition coefficient (Wildman–Crippen LogP) is 2.55. The van der Waals surface area contributed by atoms with Gasteiger partial charge in [0.1, 0.15) is 5.82 Å². The Hall–Kier alpha value is -2.96. The maximum absolute atomic E-state index is 13.0. The third-order valence-electron chi connectivity index (χ3n) is 6.21. The molecule has 1 amide bonds. The van der Waals surface area contributed by atoms with Crippen molar-refractivity contribution in [2.24, 2.45) is 7.05 Å². The maximum Gasteiger partial charge on any atom is 0.225 e. The first-order valence-corrected chi connectivity index (χ1v) is 10.7. The summed E-state index contributed by atoms with van der Waals surface area (Å²) < 4.78 is 2.00. The van der Waals surface area contributed by atoms with Crippen LogP contribution in [0.15, 0.2) is 67.0 Å². The SMILES string of the molecule is Cc1cccc(CC(=O)N[C@@]2(c3ccccc3)CCN(Cc3nccn3C)C[C@H]2O)c1. The van der Waals surface area contributed by atoms with Gasteiger partial charge in [-0.2, -0.15) is 0 Å². The highest BCUT2D eigenvalue weighted by molar-refractivity contribution is 5.79. The van der Waals surface area contributed by atoms with Crippen LogP contribution in [0.25, 0.3) is 0 Å². The molecule has 31 heavy (non-hydrogen) atoms. The lowest BCUT2D eigenvalue weighted by atomic mass is 9.78. The van der Waals surface area contributed by atoms with Crippen LogP contribution in [0.5, 0.6) is 0 Å². The molecule has 1 saturated heterocycles. The van der Waals surface area contributed by atoms with Crippen LogP contribution in [0.1, 0.15) is 28.9 Å². The smallest absolute Gasteiger partial charge is 0.225 e. The van der Waals surface area contributed by atoms with E-state index >= 15 is 0 Å². The van der Waals surface area contributed by atoms with E-state index in [1.54, 1.807) is 6.20 Å². The van der Waals surface area contributed by atoms with E-state index in [0.717, 1.165) is 29.1 Å². The van der Waals surface area contributed by atoms with E-state index in [-0.39, 0.29) is 5.91 Å². The molecule has 0 aliphatic carbocycles. The molecule has 162 valence electrons. The monoisotopic (exact) mass is 418 g/mol. The molecule has 0 radical (unpaired) electrons. The third kappa shape index (κ3) is 4.70. The van der Waals surface area contributed by atoms with Crippen LogP contribution < -0.4 is 5.32 Å². The topological polar surface area (TPSA) is 70.4 Å². The number of nitrogens with one attached hydrogen (secondary N) is 1. The van der Waals surface area contributed by atoms with Crippen LogP contribution in [-0.2, 0) is 30.3 Å². The van der Waals surface area contributed by atoms with Gasteiger partial charge < -0.3 is 15.0 Å². The van der Waals surface area contributed by atoms with Crippen molar-refractivity contribution in [2.75, 3.05) is 13.1 Å². The van der Waals surface area contributed by atoms with Crippen molar-refractivity contribution in [1.29, 1.82) is 0 Å². The van der Waals surface area contributed by atoms with Gasteiger partial charge in [0.2, 0.25) is 5.91 Å². The largest absolute Gasteiger partial charge is 0.389 e. The van der Waals surface area contributed by atoms with E-state index in [4.69, 9.17) is 0 Å². The fourth-order valence-electron chi connectivity index (χ4n) is 4.48. The zero-order valence-corrected chi connectivity index (χ0v) is 18.2. The minimum Gasteiger partial charge on any atom is -0.389 e. The Morgan fingerprint density at radius 3 is 2.71 bits per heavy atom. The standard InChI is InChI=1S/C25H30N4O2/c1-19-7-6-8-20(15-19)16-24(31)27-25(21-9-4-3-5-10-21)11-13-29(17-22(25)30)18-23-26-12-14-28(23)2/h3-10,12,14-15,22,30H,11,13,16-18H2,1-2H3,(H,27,31)/t22-,25-/m1/s1. The van der Waals surface area contributed by atoms with Crippen molar-refractivity contribution < 1.29 is 9.90 Å². The average molecular weight is 419 g/mol. The van der Waals surface area contributed by atoms with Gasteiger partial charge in [-0.15, -0.1) is 0 Å². The number of piperidine rings is 1. The summed E-state index contributed by atoms with van der Waals surface area (Å²) in [6.07, 6.45) is 3.90. The molecule has 6 nitrogen and oxygen atoms in total. The second-order valence-electron chi connectivity index (χ2n) is 8.51. The predicted molar refractivity (Wildman–Crippen MR) is 120 cm³/mol. The highest BCUT2D eigenvalue weighted by atomic mass is 16.3. The summed E-state index contributed by atoms with van der Waals surface area (Å²) in [4.78, 5) is 19.6. The van der Waals surface area contributed by atoms with E-state index in [9.17, 15) is 9.90 Å². The van der Waals surface area contributed by atoms with Gasteiger partial charge >= 0.3 is 0 Å². The summed E-state index contributed by atoms with van der Waals surface area (Å²) in [6.45, 7) is 3.91. The number of β-amino-alcohol motifs (C(OH)–C–C–N with tert-alkyl or cyclic N) is 1. The highest BCUT2D eigenvalue weighted by Gasteiger charge is 2.44. The molecular formula is C25H30N4O2. The average Bonchev–Trinajstić information content (AvgIpc) is 3.15. The summed E-state index contributed by atoms with van der Waals surface area (Å²) in [5.74, 6) is 0.883. The molecule has 1 aromatic heterocycles.